The van der Waals surface area contributed by atoms with E-state index < -0.39 is 5.97 Å². The van der Waals surface area contributed by atoms with Crippen LogP contribution >= 0.6 is 0 Å². The van der Waals surface area contributed by atoms with Gasteiger partial charge in [0.25, 0.3) is 0 Å². The van der Waals surface area contributed by atoms with E-state index in [9.17, 15) is 9.59 Å². The number of ether oxygens (including phenoxy) is 1. The van der Waals surface area contributed by atoms with Crippen molar-refractivity contribution in [1.82, 2.24) is 5.32 Å². The summed E-state index contributed by atoms with van der Waals surface area (Å²) in [6, 6.07) is 0. The maximum Gasteiger partial charge on any atom is 1.00 e. The minimum atomic E-state index is -0.391. The summed E-state index contributed by atoms with van der Waals surface area (Å²) in [6.07, 6.45) is 11.8. The fraction of sp³-hybridized carbons (Fsp3) is 0.882. The molecule has 6 heteroatoms. The predicted octanol–water partition coefficient (Wildman–Crippen LogP) is 0.0656. The molecule has 0 fully saturated rings. The third-order valence-corrected chi connectivity index (χ3v) is 3.51. The zero-order chi connectivity index (χ0) is 16.5. The van der Waals surface area contributed by atoms with Crippen molar-refractivity contribution in [2.45, 2.75) is 77.6 Å². The zero-order valence-corrected chi connectivity index (χ0v) is 17.1. The summed E-state index contributed by atoms with van der Waals surface area (Å²) in [6.45, 7) is 2.38. The summed E-state index contributed by atoms with van der Waals surface area (Å²) in [5, 5.41) is 11.2. The van der Waals surface area contributed by atoms with Gasteiger partial charge in [-0.1, -0.05) is 58.3 Å². The molecule has 0 bridgehead atoms. The molecule has 0 aliphatic heterocycles. The van der Waals surface area contributed by atoms with Crippen molar-refractivity contribution in [3.63, 3.8) is 0 Å². The van der Waals surface area contributed by atoms with Crippen LogP contribution in [-0.4, -0.2) is 36.7 Å². The van der Waals surface area contributed by atoms with Crippen molar-refractivity contribution in [2.75, 3.05) is 19.8 Å². The minimum Gasteiger partial charge on any atom is -1.00 e. The SMILES string of the molecule is CCCCCCCCCCCC(=O)NCCC(=O)OCCO.[H-].[Na+]. The third-order valence-electron chi connectivity index (χ3n) is 3.51. The van der Waals surface area contributed by atoms with Gasteiger partial charge >= 0.3 is 35.5 Å². The molecule has 5 nitrogen and oxygen atoms in total. The number of amides is 1. The molecule has 0 aromatic rings. The maximum absolute atomic E-state index is 11.5. The fourth-order valence-electron chi connectivity index (χ4n) is 2.22. The molecule has 0 heterocycles. The average molecular weight is 339 g/mol. The molecule has 0 radical (unpaired) electrons. The van der Waals surface area contributed by atoms with Gasteiger partial charge in [0.15, 0.2) is 0 Å². The normalized spacial score (nSPS) is 10.0. The molecule has 0 saturated carbocycles. The van der Waals surface area contributed by atoms with Crippen LogP contribution in [0.5, 0.6) is 0 Å². The van der Waals surface area contributed by atoms with Crippen LogP contribution in [-0.2, 0) is 14.3 Å². The molecule has 0 rings (SSSR count). The van der Waals surface area contributed by atoms with E-state index in [1.165, 1.54) is 44.9 Å². The van der Waals surface area contributed by atoms with Gasteiger partial charge in [-0.3, -0.25) is 9.59 Å². The molecule has 2 N–H and O–H groups in total. The molecular weight excluding hydrogens is 305 g/mol. The first-order valence-corrected chi connectivity index (χ1v) is 8.74. The van der Waals surface area contributed by atoms with E-state index in [1.807, 2.05) is 0 Å². The Morgan fingerprint density at radius 1 is 0.957 bits per heavy atom. The molecular formula is C17H34NNaO4. The molecule has 0 aliphatic rings. The minimum absolute atomic E-state index is 0. The van der Waals surface area contributed by atoms with E-state index in [2.05, 4.69) is 12.2 Å². The summed E-state index contributed by atoms with van der Waals surface area (Å²) in [5.41, 5.74) is 0. The summed E-state index contributed by atoms with van der Waals surface area (Å²) in [7, 11) is 0. The summed E-state index contributed by atoms with van der Waals surface area (Å²) >= 11 is 0. The molecule has 0 spiro atoms. The molecule has 0 unspecified atom stereocenters. The maximum atomic E-state index is 11.5. The van der Waals surface area contributed by atoms with E-state index in [1.54, 1.807) is 0 Å². The van der Waals surface area contributed by atoms with Crippen molar-refractivity contribution < 1.29 is 50.4 Å². The van der Waals surface area contributed by atoms with Crippen molar-refractivity contribution in [1.29, 1.82) is 0 Å². The van der Waals surface area contributed by atoms with Gasteiger partial charge in [0.05, 0.1) is 13.0 Å². The van der Waals surface area contributed by atoms with Gasteiger partial charge in [-0.2, -0.15) is 0 Å². The van der Waals surface area contributed by atoms with Crippen molar-refractivity contribution in [3.8, 4) is 0 Å². The van der Waals surface area contributed by atoms with E-state index in [-0.39, 0.29) is 56.5 Å². The zero-order valence-electron chi connectivity index (χ0n) is 16.1. The molecule has 1 amide bonds. The van der Waals surface area contributed by atoms with E-state index in [0.29, 0.717) is 13.0 Å². The van der Waals surface area contributed by atoms with Gasteiger partial charge in [0, 0.05) is 13.0 Å². The number of nitrogens with one attached hydrogen (secondary N) is 1. The van der Waals surface area contributed by atoms with Gasteiger partial charge in [0.2, 0.25) is 5.91 Å². The van der Waals surface area contributed by atoms with Gasteiger partial charge < -0.3 is 16.6 Å². The monoisotopic (exact) mass is 339 g/mol. The van der Waals surface area contributed by atoms with E-state index in [4.69, 9.17) is 9.84 Å². The number of esters is 1. The van der Waals surface area contributed by atoms with Crippen LogP contribution in [0.25, 0.3) is 0 Å². The first kappa shape index (κ1) is 25.1. The van der Waals surface area contributed by atoms with Crippen molar-refractivity contribution in [2.24, 2.45) is 0 Å². The number of carbonyl (C=O) groups is 2. The third kappa shape index (κ3) is 19.9. The Morgan fingerprint density at radius 3 is 2.09 bits per heavy atom. The average Bonchev–Trinajstić information content (AvgIpc) is 2.51. The Morgan fingerprint density at radius 2 is 1.52 bits per heavy atom. The van der Waals surface area contributed by atoms with Gasteiger partial charge in [-0.25, -0.2) is 0 Å². The number of aliphatic hydroxyl groups excluding tert-OH is 1. The quantitative estimate of drug-likeness (QED) is 0.251. The summed E-state index contributed by atoms with van der Waals surface area (Å²) in [4.78, 5) is 22.7. The Bertz CT molecular complexity index is 294. The van der Waals surface area contributed by atoms with Crippen LogP contribution < -0.4 is 34.9 Å². The van der Waals surface area contributed by atoms with Crippen LogP contribution in [0, 0.1) is 0 Å². The summed E-state index contributed by atoms with van der Waals surface area (Å²) in [5.74, 6) is -0.393. The number of carbonyl (C=O) groups excluding carboxylic acids is 2. The molecule has 0 saturated heterocycles. The van der Waals surface area contributed by atoms with E-state index >= 15 is 0 Å². The second kappa shape index (κ2) is 19.9. The van der Waals surface area contributed by atoms with Crippen LogP contribution in [0.15, 0.2) is 0 Å². The van der Waals surface area contributed by atoms with Crippen LogP contribution in [0.2, 0.25) is 0 Å². The smallest absolute Gasteiger partial charge is 1.00 e. The summed E-state index contributed by atoms with van der Waals surface area (Å²) < 4.78 is 4.69. The van der Waals surface area contributed by atoms with E-state index in [0.717, 1.165) is 12.8 Å². The Balaban J connectivity index is -0.00000220. The van der Waals surface area contributed by atoms with Gasteiger partial charge in [0.1, 0.15) is 6.61 Å². The first-order valence-electron chi connectivity index (χ1n) is 8.74. The van der Waals surface area contributed by atoms with Crippen LogP contribution in [0.4, 0.5) is 0 Å². The largest absolute Gasteiger partial charge is 1.00 e. The van der Waals surface area contributed by atoms with Gasteiger partial charge in [-0.05, 0) is 6.42 Å². The topological polar surface area (TPSA) is 75.6 Å². The fourth-order valence-corrected chi connectivity index (χ4v) is 2.22. The second-order valence-corrected chi connectivity index (χ2v) is 5.62. The number of unbranched alkanes of at least 4 members (excludes halogenated alkanes) is 8. The van der Waals surface area contributed by atoms with Crippen LogP contribution in [0.1, 0.15) is 79.0 Å². The molecule has 23 heavy (non-hydrogen) atoms. The number of hydrogen-bond acceptors (Lipinski definition) is 4. The molecule has 0 aromatic carbocycles. The number of hydrogen-bond donors (Lipinski definition) is 2. The first-order chi connectivity index (χ1) is 10.7. The molecule has 0 aliphatic carbocycles. The van der Waals surface area contributed by atoms with Crippen molar-refractivity contribution >= 4 is 11.9 Å². The number of aliphatic hydroxyl groups is 1. The molecule has 0 atom stereocenters. The van der Waals surface area contributed by atoms with Crippen molar-refractivity contribution in [3.05, 3.63) is 0 Å². The number of rotatable bonds is 15. The molecule has 132 valence electrons. The molecule has 0 aromatic heterocycles. The van der Waals surface area contributed by atoms with Crippen LogP contribution in [0.3, 0.4) is 0 Å². The standard InChI is InChI=1S/C17H33NO4.Na.H/c1-2-3-4-5-6-7-8-9-10-11-16(20)18-13-12-17(21)22-15-14-19;;/h19H,2-15H2,1H3,(H,18,20);;/q;+1;-1. The van der Waals surface area contributed by atoms with Gasteiger partial charge in [-0.15, -0.1) is 0 Å². The predicted molar refractivity (Wildman–Crippen MR) is 88.6 cm³/mol. The Labute approximate surface area is 164 Å². The second-order valence-electron chi connectivity index (χ2n) is 5.62. The Kier molecular flexibility index (Phi) is 21.8. The Hall–Kier alpha value is -0.100.